The lowest BCUT2D eigenvalue weighted by atomic mass is 10.2. The first kappa shape index (κ1) is 16.3. The van der Waals surface area contributed by atoms with Crippen molar-refractivity contribution in [3.05, 3.63) is 29.8 Å². The standard InChI is InChI=1S/C16H27N3O/c1-5-17-16(18-11-13(3)4)19-12-14-9-7-8-10-15(14)20-6-2/h7-10,13H,5-6,11-12H2,1-4H3,(H2,17,18,19). The molecule has 0 aliphatic heterocycles. The van der Waals surface area contributed by atoms with Crippen molar-refractivity contribution in [3.8, 4) is 5.75 Å². The van der Waals surface area contributed by atoms with Crippen molar-refractivity contribution in [1.29, 1.82) is 0 Å². The van der Waals surface area contributed by atoms with Crippen LogP contribution in [-0.2, 0) is 6.54 Å². The number of rotatable bonds is 7. The smallest absolute Gasteiger partial charge is 0.191 e. The number of para-hydroxylation sites is 1. The third kappa shape index (κ3) is 5.95. The molecule has 4 heteroatoms. The molecule has 0 aliphatic rings. The number of nitrogens with one attached hydrogen (secondary N) is 2. The molecule has 0 radical (unpaired) electrons. The van der Waals surface area contributed by atoms with E-state index in [2.05, 4.69) is 42.5 Å². The van der Waals surface area contributed by atoms with Crippen LogP contribution in [0.4, 0.5) is 0 Å². The van der Waals surface area contributed by atoms with E-state index in [0.29, 0.717) is 19.1 Å². The zero-order chi connectivity index (χ0) is 14.8. The van der Waals surface area contributed by atoms with E-state index in [-0.39, 0.29) is 0 Å². The number of nitrogens with zero attached hydrogens (tertiary/aromatic N) is 1. The van der Waals surface area contributed by atoms with Gasteiger partial charge in [-0.25, -0.2) is 4.99 Å². The van der Waals surface area contributed by atoms with Crippen LogP contribution in [0, 0.1) is 5.92 Å². The van der Waals surface area contributed by atoms with Crippen LogP contribution in [0.5, 0.6) is 5.75 Å². The predicted molar refractivity (Wildman–Crippen MR) is 85.3 cm³/mol. The van der Waals surface area contributed by atoms with Crippen LogP contribution >= 0.6 is 0 Å². The van der Waals surface area contributed by atoms with E-state index in [9.17, 15) is 0 Å². The topological polar surface area (TPSA) is 45.7 Å². The van der Waals surface area contributed by atoms with E-state index in [4.69, 9.17) is 4.74 Å². The Labute approximate surface area is 122 Å². The van der Waals surface area contributed by atoms with Crippen LogP contribution < -0.4 is 15.4 Å². The average molecular weight is 277 g/mol. The molecular weight excluding hydrogens is 250 g/mol. The maximum absolute atomic E-state index is 5.62. The van der Waals surface area contributed by atoms with Crippen LogP contribution in [0.15, 0.2) is 29.3 Å². The van der Waals surface area contributed by atoms with Crippen LogP contribution in [0.2, 0.25) is 0 Å². The molecule has 0 saturated heterocycles. The number of aliphatic imine (C=N–C) groups is 1. The van der Waals surface area contributed by atoms with Gasteiger partial charge in [0.1, 0.15) is 5.75 Å². The highest BCUT2D eigenvalue weighted by Gasteiger charge is 2.03. The molecule has 0 unspecified atom stereocenters. The summed E-state index contributed by atoms with van der Waals surface area (Å²) in [6.07, 6.45) is 0. The number of benzene rings is 1. The van der Waals surface area contributed by atoms with E-state index in [0.717, 1.165) is 30.4 Å². The molecule has 4 nitrogen and oxygen atoms in total. The summed E-state index contributed by atoms with van der Waals surface area (Å²) < 4.78 is 5.62. The van der Waals surface area contributed by atoms with Crippen molar-refractivity contribution < 1.29 is 4.74 Å². The van der Waals surface area contributed by atoms with Crippen molar-refractivity contribution in [3.63, 3.8) is 0 Å². The molecule has 0 saturated carbocycles. The molecule has 1 rings (SSSR count). The Kier molecular flexibility index (Phi) is 7.55. The van der Waals surface area contributed by atoms with Gasteiger partial charge in [-0.2, -0.15) is 0 Å². The van der Waals surface area contributed by atoms with E-state index >= 15 is 0 Å². The Hall–Kier alpha value is -1.71. The fourth-order valence-electron chi connectivity index (χ4n) is 1.74. The van der Waals surface area contributed by atoms with Gasteiger partial charge in [0.15, 0.2) is 5.96 Å². The minimum Gasteiger partial charge on any atom is -0.494 e. The molecule has 0 aromatic heterocycles. The van der Waals surface area contributed by atoms with E-state index in [1.54, 1.807) is 0 Å². The van der Waals surface area contributed by atoms with E-state index < -0.39 is 0 Å². The summed E-state index contributed by atoms with van der Waals surface area (Å²) in [5.74, 6) is 2.36. The Morgan fingerprint density at radius 3 is 2.60 bits per heavy atom. The summed E-state index contributed by atoms with van der Waals surface area (Å²) in [5.41, 5.74) is 1.11. The fraction of sp³-hybridized carbons (Fsp3) is 0.562. The fourth-order valence-corrected chi connectivity index (χ4v) is 1.74. The number of hydrogen-bond donors (Lipinski definition) is 2. The van der Waals surface area contributed by atoms with Gasteiger partial charge in [-0.05, 0) is 25.8 Å². The van der Waals surface area contributed by atoms with Gasteiger partial charge < -0.3 is 15.4 Å². The molecule has 0 atom stereocenters. The number of hydrogen-bond acceptors (Lipinski definition) is 2. The summed E-state index contributed by atoms with van der Waals surface area (Å²) in [5, 5.41) is 6.60. The minimum atomic E-state index is 0.592. The summed E-state index contributed by atoms with van der Waals surface area (Å²) in [7, 11) is 0. The van der Waals surface area contributed by atoms with Gasteiger partial charge in [-0.3, -0.25) is 0 Å². The maximum Gasteiger partial charge on any atom is 0.191 e. The molecule has 1 aromatic rings. The minimum absolute atomic E-state index is 0.592. The summed E-state index contributed by atoms with van der Waals surface area (Å²) >= 11 is 0. The lowest BCUT2D eigenvalue weighted by molar-refractivity contribution is 0.336. The normalized spacial score (nSPS) is 11.6. The van der Waals surface area contributed by atoms with Gasteiger partial charge in [-0.1, -0.05) is 32.0 Å². The van der Waals surface area contributed by atoms with Gasteiger partial charge in [0.05, 0.1) is 13.2 Å². The first-order valence-electron chi connectivity index (χ1n) is 7.40. The lowest BCUT2D eigenvalue weighted by Crippen LogP contribution is -2.39. The van der Waals surface area contributed by atoms with E-state index in [1.807, 2.05) is 25.1 Å². The lowest BCUT2D eigenvalue weighted by Gasteiger charge is -2.13. The van der Waals surface area contributed by atoms with Gasteiger partial charge in [-0.15, -0.1) is 0 Å². The Morgan fingerprint density at radius 2 is 1.95 bits per heavy atom. The quantitative estimate of drug-likeness (QED) is 0.595. The molecule has 20 heavy (non-hydrogen) atoms. The van der Waals surface area contributed by atoms with Crippen molar-refractivity contribution in [2.45, 2.75) is 34.2 Å². The second kappa shape index (κ2) is 9.23. The first-order valence-corrected chi connectivity index (χ1v) is 7.40. The maximum atomic E-state index is 5.62. The molecule has 0 heterocycles. The van der Waals surface area contributed by atoms with Gasteiger partial charge in [0, 0.05) is 18.7 Å². The van der Waals surface area contributed by atoms with Crippen LogP contribution in [-0.4, -0.2) is 25.7 Å². The van der Waals surface area contributed by atoms with Gasteiger partial charge in [0.25, 0.3) is 0 Å². The molecule has 0 amide bonds. The Bertz CT molecular complexity index is 416. The molecule has 2 N–H and O–H groups in total. The molecular formula is C16H27N3O. The van der Waals surface area contributed by atoms with E-state index in [1.165, 1.54) is 0 Å². The van der Waals surface area contributed by atoms with Crippen molar-refractivity contribution in [1.82, 2.24) is 10.6 Å². The first-order chi connectivity index (χ1) is 9.67. The highest BCUT2D eigenvalue weighted by Crippen LogP contribution is 2.18. The van der Waals surface area contributed by atoms with Crippen molar-refractivity contribution in [2.75, 3.05) is 19.7 Å². The van der Waals surface area contributed by atoms with Crippen molar-refractivity contribution in [2.24, 2.45) is 10.9 Å². The van der Waals surface area contributed by atoms with Crippen molar-refractivity contribution >= 4 is 5.96 Å². The highest BCUT2D eigenvalue weighted by molar-refractivity contribution is 5.79. The highest BCUT2D eigenvalue weighted by atomic mass is 16.5. The Balaban J connectivity index is 2.70. The molecule has 0 spiro atoms. The van der Waals surface area contributed by atoms with Crippen LogP contribution in [0.1, 0.15) is 33.3 Å². The number of guanidine groups is 1. The Morgan fingerprint density at radius 1 is 1.20 bits per heavy atom. The zero-order valence-corrected chi connectivity index (χ0v) is 13.1. The summed E-state index contributed by atoms with van der Waals surface area (Å²) in [6.45, 7) is 11.5. The van der Waals surface area contributed by atoms with Crippen LogP contribution in [0.3, 0.4) is 0 Å². The second-order valence-corrected chi connectivity index (χ2v) is 5.01. The summed E-state index contributed by atoms with van der Waals surface area (Å²) in [6, 6.07) is 8.05. The monoisotopic (exact) mass is 277 g/mol. The number of ether oxygens (including phenoxy) is 1. The summed E-state index contributed by atoms with van der Waals surface area (Å²) in [4.78, 5) is 4.61. The molecule has 0 bridgehead atoms. The molecule has 0 aliphatic carbocycles. The third-order valence-electron chi connectivity index (χ3n) is 2.70. The SMILES string of the molecule is CCNC(=NCc1ccccc1OCC)NCC(C)C. The average Bonchev–Trinajstić information content (AvgIpc) is 2.43. The van der Waals surface area contributed by atoms with Gasteiger partial charge in [0.2, 0.25) is 0 Å². The largest absolute Gasteiger partial charge is 0.494 e. The van der Waals surface area contributed by atoms with Crippen LogP contribution in [0.25, 0.3) is 0 Å². The molecule has 112 valence electrons. The zero-order valence-electron chi connectivity index (χ0n) is 13.1. The third-order valence-corrected chi connectivity index (χ3v) is 2.70. The van der Waals surface area contributed by atoms with Gasteiger partial charge >= 0.3 is 0 Å². The molecule has 1 aromatic carbocycles. The molecule has 0 fully saturated rings. The predicted octanol–water partition coefficient (Wildman–Crippen LogP) is 2.80. The second-order valence-electron chi connectivity index (χ2n) is 5.01.